The van der Waals surface area contributed by atoms with E-state index in [1.54, 1.807) is 48.5 Å². The summed E-state index contributed by atoms with van der Waals surface area (Å²) < 4.78 is 0. The van der Waals surface area contributed by atoms with Crippen LogP contribution in [0.2, 0.25) is 0 Å². The van der Waals surface area contributed by atoms with E-state index in [4.69, 9.17) is 0 Å². The molecule has 4 amide bonds. The minimum Gasteiger partial charge on any atom is -0.339 e. The average molecular weight is 441 g/mol. The number of rotatable bonds is 6. The molecule has 7 heteroatoms. The Morgan fingerprint density at radius 2 is 1.33 bits per heavy atom. The van der Waals surface area contributed by atoms with E-state index in [0.717, 1.165) is 16.0 Å². The number of hydrogen-bond donors (Lipinski definition) is 2. The molecule has 33 heavy (non-hydrogen) atoms. The lowest BCUT2D eigenvalue weighted by Gasteiger charge is -2.22. The molecule has 1 aliphatic heterocycles. The van der Waals surface area contributed by atoms with Gasteiger partial charge in [0.15, 0.2) is 0 Å². The molecule has 166 valence electrons. The van der Waals surface area contributed by atoms with Crippen molar-refractivity contribution in [2.24, 2.45) is 0 Å². The van der Waals surface area contributed by atoms with Crippen molar-refractivity contribution in [1.29, 1.82) is 0 Å². The first-order valence-corrected chi connectivity index (χ1v) is 10.5. The van der Waals surface area contributed by atoms with E-state index in [1.165, 1.54) is 0 Å². The van der Waals surface area contributed by atoms with Gasteiger partial charge in [0.2, 0.25) is 5.91 Å². The average Bonchev–Trinajstić information content (AvgIpc) is 3.05. The maximum absolute atomic E-state index is 13.2. The molecule has 0 unspecified atom stereocenters. The minimum atomic E-state index is -1.01. The summed E-state index contributed by atoms with van der Waals surface area (Å²) in [5, 5.41) is 5.60. The molecule has 0 bridgehead atoms. The van der Waals surface area contributed by atoms with Crippen molar-refractivity contribution in [3.05, 3.63) is 101 Å². The number of nitrogens with zero attached hydrogens (tertiary/aromatic N) is 1. The molecule has 1 atom stereocenters. The van der Waals surface area contributed by atoms with Crippen molar-refractivity contribution in [2.45, 2.75) is 19.9 Å². The number of aryl methyl sites for hydroxylation is 2. The van der Waals surface area contributed by atoms with Crippen molar-refractivity contribution < 1.29 is 19.2 Å². The molecule has 3 aromatic carbocycles. The zero-order valence-corrected chi connectivity index (χ0v) is 18.3. The summed E-state index contributed by atoms with van der Waals surface area (Å²) >= 11 is 0. The number of fused-ring (bicyclic) bond motifs is 1. The summed E-state index contributed by atoms with van der Waals surface area (Å²) in [4.78, 5) is 52.2. The Bertz CT molecular complexity index is 1200. The number of benzene rings is 3. The van der Waals surface area contributed by atoms with Crippen molar-refractivity contribution in [3.8, 4) is 0 Å². The Balaban J connectivity index is 1.54. The van der Waals surface area contributed by atoms with Gasteiger partial charge in [-0.05, 0) is 42.7 Å². The van der Waals surface area contributed by atoms with Gasteiger partial charge in [0.1, 0.15) is 12.6 Å². The second kappa shape index (κ2) is 9.08. The highest BCUT2D eigenvalue weighted by atomic mass is 16.2. The number of imide groups is 1. The molecule has 0 spiro atoms. The molecule has 1 aliphatic rings. The normalized spacial score (nSPS) is 13.5. The lowest BCUT2D eigenvalue weighted by molar-refractivity contribution is -0.126. The van der Waals surface area contributed by atoms with Crippen LogP contribution >= 0.6 is 0 Å². The number of hydrogen-bond acceptors (Lipinski definition) is 4. The molecule has 7 nitrogen and oxygen atoms in total. The number of anilines is 1. The summed E-state index contributed by atoms with van der Waals surface area (Å²) in [6, 6.07) is 19.9. The van der Waals surface area contributed by atoms with Gasteiger partial charge in [-0.25, -0.2) is 0 Å². The van der Waals surface area contributed by atoms with Crippen LogP contribution in [0, 0.1) is 13.8 Å². The van der Waals surface area contributed by atoms with Crippen LogP contribution in [0.4, 0.5) is 5.69 Å². The van der Waals surface area contributed by atoms with Crippen molar-refractivity contribution in [3.63, 3.8) is 0 Å². The van der Waals surface area contributed by atoms with E-state index in [2.05, 4.69) is 10.6 Å². The Morgan fingerprint density at radius 3 is 1.91 bits per heavy atom. The molecule has 0 aliphatic carbocycles. The number of carbonyl (C=O) groups is 4. The lowest BCUT2D eigenvalue weighted by atomic mass is 10.0. The second-order valence-electron chi connectivity index (χ2n) is 7.91. The highest BCUT2D eigenvalue weighted by molar-refractivity contribution is 6.22. The fourth-order valence-corrected chi connectivity index (χ4v) is 3.89. The number of nitrogens with one attached hydrogen (secondary N) is 2. The highest BCUT2D eigenvalue weighted by Gasteiger charge is 2.37. The Hall–Kier alpha value is -4.26. The molecule has 1 heterocycles. The molecule has 0 aromatic heterocycles. The minimum absolute atomic E-state index is 0.266. The molecule has 0 radical (unpaired) electrons. The van der Waals surface area contributed by atoms with Gasteiger partial charge >= 0.3 is 0 Å². The van der Waals surface area contributed by atoms with E-state index < -0.39 is 36.2 Å². The molecule has 3 aromatic rings. The SMILES string of the molecule is Cc1cccc(C)c1NC(=O)[C@@H](NC(=O)CN1C(=O)c2ccccc2C1=O)c1ccccc1. The van der Waals surface area contributed by atoms with Crippen LogP contribution in [-0.2, 0) is 9.59 Å². The molecule has 4 rings (SSSR count). The van der Waals surface area contributed by atoms with Crippen molar-refractivity contribution in [1.82, 2.24) is 10.2 Å². The quantitative estimate of drug-likeness (QED) is 0.573. The van der Waals surface area contributed by atoms with E-state index in [0.29, 0.717) is 11.3 Å². The predicted molar refractivity (Wildman–Crippen MR) is 124 cm³/mol. The second-order valence-corrected chi connectivity index (χ2v) is 7.91. The van der Waals surface area contributed by atoms with Gasteiger partial charge in [-0.2, -0.15) is 0 Å². The highest BCUT2D eigenvalue weighted by Crippen LogP contribution is 2.24. The molecule has 2 N–H and O–H groups in total. The van der Waals surface area contributed by atoms with E-state index in [1.807, 2.05) is 38.1 Å². The molecule has 0 saturated heterocycles. The van der Waals surface area contributed by atoms with E-state index in [-0.39, 0.29) is 11.1 Å². The van der Waals surface area contributed by atoms with Gasteiger partial charge in [0.25, 0.3) is 17.7 Å². The summed E-state index contributed by atoms with van der Waals surface area (Å²) in [5.41, 5.74) is 3.58. The van der Waals surface area contributed by atoms with Gasteiger partial charge in [-0.1, -0.05) is 60.7 Å². The van der Waals surface area contributed by atoms with E-state index in [9.17, 15) is 19.2 Å². The fourth-order valence-electron chi connectivity index (χ4n) is 3.89. The molecule has 0 fully saturated rings. The van der Waals surface area contributed by atoms with Gasteiger partial charge in [-0.3, -0.25) is 24.1 Å². The Morgan fingerprint density at radius 1 is 0.788 bits per heavy atom. The van der Waals surface area contributed by atoms with Crippen LogP contribution in [0.25, 0.3) is 0 Å². The zero-order valence-electron chi connectivity index (χ0n) is 18.3. The third-order valence-corrected chi connectivity index (χ3v) is 5.61. The first-order valence-electron chi connectivity index (χ1n) is 10.5. The summed E-state index contributed by atoms with van der Waals surface area (Å²) in [7, 11) is 0. The van der Waals surface area contributed by atoms with Crippen LogP contribution in [0.3, 0.4) is 0 Å². The van der Waals surface area contributed by atoms with Crippen LogP contribution < -0.4 is 10.6 Å². The number of carbonyl (C=O) groups excluding carboxylic acids is 4. The topological polar surface area (TPSA) is 95.6 Å². The monoisotopic (exact) mass is 441 g/mol. The van der Waals surface area contributed by atoms with Crippen LogP contribution in [0.5, 0.6) is 0 Å². The number of amides is 4. The maximum atomic E-state index is 13.2. The smallest absolute Gasteiger partial charge is 0.262 e. The van der Waals surface area contributed by atoms with Gasteiger partial charge in [0.05, 0.1) is 11.1 Å². The first kappa shape index (κ1) is 22.0. The van der Waals surface area contributed by atoms with Gasteiger partial charge in [-0.15, -0.1) is 0 Å². The van der Waals surface area contributed by atoms with Gasteiger partial charge < -0.3 is 10.6 Å². The Kier molecular flexibility index (Phi) is 6.04. The fraction of sp³-hybridized carbons (Fsp3) is 0.154. The molecular weight excluding hydrogens is 418 g/mol. The summed E-state index contributed by atoms with van der Waals surface area (Å²) in [6.07, 6.45) is 0. The Labute approximate surface area is 191 Å². The zero-order chi connectivity index (χ0) is 23.5. The van der Waals surface area contributed by atoms with Crippen molar-refractivity contribution >= 4 is 29.3 Å². The van der Waals surface area contributed by atoms with Crippen LogP contribution in [0.15, 0.2) is 72.8 Å². The summed E-state index contributed by atoms with van der Waals surface area (Å²) in [6.45, 7) is 3.30. The summed E-state index contributed by atoms with van der Waals surface area (Å²) in [5.74, 6) is -2.09. The maximum Gasteiger partial charge on any atom is 0.262 e. The molecular formula is C26H23N3O4. The lowest BCUT2D eigenvalue weighted by Crippen LogP contribution is -2.44. The predicted octanol–water partition coefficient (Wildman–Crippen LogP) is 3.40. The standard InChI is InChI=1S/C26H23N3O4/c1-16-9-8-10-17(2)22(16)28-24(31)23(18-11-4-3-5-12-18)27-21(30)15-29-25(32)19-13-6-7-14-20(19)26(29)33/h3-14,23H,15H2,1-2H3,(H,27,30)(H,28,31)/t23-/m0/s1. The van der Waals surface area contributed by atoms with Gasteiger partial charge in [0, 0.05) is 5.69 Å². The third-order valence-electron chi connectivity index (χ3n) is 5.61. The first-order chi connectivity index (χ1) is 15.9. The third kappa shape index (κ3) is 4.39. The van der Waals surface area contributed by atoms with E-state index >= 15 is 0 Å². The molecule has 0 saturated carbocycles. The van der Waals surface area contributed by atoms with Crippen LogP contribution in [0.1, 0.15) is 43.4 Å². The van der Waals surface area contributed by atoms with Crippen LogP contribution in [-0.4, -0.2) is 35.1 Å². The number of para-hydroxylation sites is 1. The largest absolute Gasteiger partial charge is 0.339 e. The van der Waals surface area contributed by atoms with Crippen molar-refractivity contribution in [2.75, 3.05) is 11.9 Å².